The van der Waals surface area contributed by atoms with Crippen LogP contribution in [0.15, 0.2) is 35.4 Å². The number of aryl methyl sites for hydroxylation is 2. The van der Waals surface area contributed by atoms with E-state index in [4.69, 9.17) is 4.74 Å². The molecule has 0 spiro atoms. The quantitative estimate of drug-likeness (QED) is 0.573. The first-order valence-electron chi connectivity index (χ1n) is 9.62. The lowest BCUT2D eigenvalue weighted by atomic mass is 10.1. The van der Waals surface area contributed by atoms with E-state index in [0.717, 1.165) is 41.6 Å². The number of benzene rings is 1. The predicted octanol–water partition coefficient (Wildman–Crippen LogP) is 2.48. The van der Waals surface area contributed by atoms with Crippen molar-refractivity contribution in [2.45, 2.75) is 25.8 Å². The molecule has 4 aromatic rings. The fourth-order valence-corrected chi connectivity index (χ4v) is 3.85. The van der Waals surface area contributed by atoms with Crippen molar-refractivity contribution in [1.82, 2.24) is 29.3 Å². The molecule has 148 valence electrons. The van der Waals surface area contributed by atoms with Gasteiger partial charge >= 0.3 is 5.69 Å². The molecule has 1 unspecified atom stereocenters. The van der Waals surface area contributed by atoms with Gasteiger partial charge in [0.2, 0.25) is 5.95 Å². The third kappa shape index (κ3) is 3.03. The van der Waals surface area contributed by atoms with Gasteiger partial charge in [-0.25, -0.2) is 9.78 Å². The summed E-state index contributed by atoms with van der Waals surface area (Å²) < 4.78 is 8.92. The summed E-state index contributed by atoms with van der Waals surface area (Å²) in [5.41, 5.74) is 3.96. The number of fused-ring (bicyclic) bond motifs is 2. The van der Waals surface area contributed by atoms with Gasteiger partial charge in [-0.1, -0.05) is 0 Å². The van der Waals surface area contributed by atoms with Crippen molar-refractivity contribution in [3.63, 3.8) is 0 Å². The van der Waals surface area contributed by atoms with Crippen LogP contribution in [0.25, 0.3) is 22.1 Å². The fraction of sp³-hybridized carbons (Fsp3) is 0.350. The molecule has 9 nitrogen and oxygen atoms in total. The van der Waals surface area contributed by atoms with Crippen LogP contribution in [0.4, 0.5) is 11.6 Å². The van der Waals surface area contributed by atoms with E-state index < -0.39 is 0 Å². The maximum atomic E-state index is 12.8. The zero-order valence-electron chi connectivity index (χ0n) is 16.3. The number of imidazole rings is 1. The second-order valence-electron chi connectivity index (χ2n) is 7.37. The number of hydrogen-bond donors (Lipinski definition) is 1. The van der Waals surface area contributed by atoms with Crippen molar-refractivity contribution in [2.24, 2.45) is 7.05 Å². The van der Waals surface area contributed by atoms with Gasteiger partial charge in [0.15, 0.2) is 5.65 Å². The van der Waals surface area contributed by atoms with Crippen molar-refractivity contribution in [3.8, 4) is 0 Å². The van der Waals surface area contributed by atoms with Gasteiger partial charge in [0, 0.05) is 24.7 Å². The van der Waals surface area contributed by atoms with Crippen LogP contribution in [0.3, 0.4) is 0 Å². The van der Waals surface area contributed by atoms with Gasteiger partial charge in [-0.15, -0.1) is 0 Å². The highest BCUT2D eigenvalue weighted by Crippen LogP contribution is 2.26. The van der Waals surface area contributed by atoms with Crippen LogP contribution in [0.5, 0.6) is 0 Å². The first-order valence-corrected chi connectivity index (χ1v) is 9.62. The van der Waals surface area contributed by atoms with Gasteiger partial charge in [0.05, 0.1) is 30.6 Å². The number of anilines is 2. The van der Waals surface area contributed by atoms with E-state index in [1.165, 1.54) is 0 Å². The normalized spacial score (nSPS) is 17.1. The van der Waals surface area contributed by atoms with Crippen molar-refractivity contribution in [3.05, 3.63) is 46.6 Å². The van der Waals surface area contributed by atoms with E-state index in [9.17, 15) is 4.79 Å². The van der Waals surface area contributed by atoms with Crippen LogP contribution >= 0.6 is 0 Å². The van der Waals surface area contributed by atoms with Gasteiger partial charge in [-0.3, -0.25) is 9.13 Å². The van der Waals surface area contributed by atoms with Crippen molar-refractivity contribution < 1.29 is 4.74 Å². The molecule has 9 heteroatoms. The average Bonchev–Trinajstić information content (AvgIpc) is 2.99. The van der Waals surface area contributed by atoms with Crippen LogP contribution in [0.1, 0.15) is 24.4 Å². The molecule has 5 rings (SSSR count). The second-order valence-corrected chi connectivity index (χ2v) is 7.37. The van der Waals surface area contributed by atoms with Crippen LogP contribution in [-0.4, -0.2) is 42.5 Å². The zero-order chi connectivity index (χ0) is 20.0. The third-order valence-electron chi connectivity index (χ3n) is 5.44. The Hall–Kier alpha value is -3.33. The SMILES string of the molecule is Cc1cc2nnccc2cc1Nc1ncc2c(n1)n(C1CCCOC1)c(=O)n2C. The standard InChI is InChI=1S/C20H21N7O2/c1-12-8-16-13(5-6-22-25-16)9-15(12)23-19-21-10-17-18(24-19)27(20(28)26(17)2)14-4-3-7-29-11-14/h5-6,8-10,14H,3-4,7,11H2,1-2H3,(H,21,23,24). The minimum atomic E-state index is -0.0950. The van der Waals surface area contributed by atoms with Crippen molar-refractivity contribution >= 4 is 33.7 Å². The molecule has 1 fully saturated rings. The number of nitrogens with one attached hydrogen (secondary N) is 1. The third-order valence-corrected chi connectivity index (χ3v) is 5.44. The number of rotatable bonds is 3. The maximum Gasteiger partial charge on any atom is 0.330 e. The van der Waals surface area contributed by atoms with E-state index in [0.29, 0.717) is 23.7 Å². The largest absolute Gasteiger partial charge is 0.379 e. The van der Waals surface area contributed by atoms with E-state index in [-0.39, 0.29) is 11.7 Å². The maximum absolute atomic E-state index is 12.8. The van der Waals surface area contributed by atoms with Gasteiger partial charge in [0.1, 0.15) is 5.52 Å². The van der Waals surface area contributed by atoms with Crippen molar-refractivity contribution in [1.29, 1.82) is 0 Å². The molecule has 1 aliphatic rings. The molecule has 4 heterocycles. The number of aromatic nitrogens is 6. The lowest BCUT2D eigenvalue weighted by Gasteiger charge is -2.22. The first-order chi connectivity index (χ1) is 14.1. The Kier molecular flexibility index (Phi) is 4.24. The minimum absolute atomic E-state index is 0.0105. The highest BCUT2D eigenvalue weighted by molar-refractivity contribution is 5.84. The lowest BCUT2D eigenvalue weighted by Crippen LogP contribution is -2.31. The van der Waals surface area contributed by atoms with Crippen LogP contribution in [0, 0.1) is 6.92 Å². The monoisotopic (exact) mass is 391 g/mol. The summed E-state index contributed by atoms with van der Waals surface area (Å²) in [6, 6.07) is 5.87. The second kappa shape index (κ2) is 6.93. The topological polar surface area (TPSA) is 99.8 Å². The average molecular weight is 391 g/mol. The number of ether oxygens (including phenoxy) is 1. The Labute approximate surface area is 166 Å². The summed E-state index contributed by atoms with van der Waals surface area (Å²) in [6.07, 6.45) is 5.19. The van der Waals surface area contributed by atoms with Gasteiger partial charge in [0.25, 0.3) is 0 Å². The van der Waals surface area contributed by atoms with Gasteiger partial charge < -0.3 is 10.1 Å². The summed E-state index contributed by atoms with van der Waals surface area (Å²) in [5, 5.41) is 12.3. The van der Waals surface area contributed by atoms with Gasteiger partial charge in [-0.2, -0.15) is 15.2 Å². The van der Waals surface area contributed by atoms with E-state index in [1.54, 1.807) is 28.6 Å². The molecule has 1 saturated heterocycles. The molecule has 1 aromatic carbocycles. The van der Waals surface area contributed by atoms with E-state index in [2.05, 4.69) is 25.5 Å². The first kappa shape index (κ1) is 17.7. The van der Waals surface area contributed by atoms with Crippen LogP contribution in [0.2, 0.25) is 0 Å². The number of nitrogens with zero attached hydrogens (tertiary/aromatic N) is 6. The summed E-state index contributed by atoms with van der Waals surface area (Å²) in [6.45, 7) is 3.26. The molecule has 0 amide bonds. The predicted molar refractivity (Wildman–Crippen MR) is 109 cm³/mol. The van der Waals surface area contributed by atoms with Crippen molar-refractivity contribution in [2.75, 3.05) is 18.5 Å². The Balaban J connectivity index is 1.58. The molecule has 3 aromatic heterocycles. The summed E-state index contributed by atoms with van der Waals surface area (Å²) >= 11 is 0. The highest BCUT2D eigenvalue weighted by Gasteiger charge is 2.23. The highest BCUT2D eigenvalue weighted by atomic mass is 16.5. The van der Waals surface area contributed by atoms with E-state index in [1.807, 2.05) is 25.1 Å². The molecular weight excluding hydrogens is 370 g/mol. The smallest absolute Gasteiger partial charge is 0.330 e. The molecule has 29 heavy (non-hydrogen) atoms. The number of hydrogen-bond acceptors (Lipinski definition) is 7. The molecule has 0 bridgehead atoms. The molecule has 0 aliphatic carbocycles. The van der Waals surface area contributed by atoms with Crippen LogP contribution < -0.4 is 11.0 Å². The fourth-order valence-electron chi connectivity index (χ4n) is 3.85. The molecule has 0 radical (unpaired) electrons. The lowest BCUT2D eigenvalue weighted by molar-refractivity contribution is 0.0591. The zero-order valence-corrected chi connectivity index (χ0v) is 16.3. The summed E-state index contributed by atoms with van der Waals surface area (Å²) in [4.78, 5) is 21.9. The Bertz CT molecular complexity index is 1270. The minimum Gasteiger partial charge on any atom is -0.379 e. The molecule has 1 aliphatic heterocycles. The Morgan fingerprint density at radius 3 is 3.03 bits per heavy atom. The summed E-state index contributed by atoms with van der Waals surface area (Å²) in [5.74, 6) is 0.443. The summed E-state index contributed by atoms with van der Waals surface area (Å²) in [7, 11) is 1.75. The molecule has 0 saturated carbocycles. The molecular formula is C20H21N7O2. The Morgan fingerprint density at radius 1 is 1.31 bits per heavy atom. The Morgan fingerprint density at radius 2 is 2.21 bits per heavy atom. The van der Waals surface area contributed by atoms with Crippen LogP contribution in [-0.2, 0) is 11.8 Å². The molecule has 1 atom stereocenters. The van der Waals surface area contributed by atoms with Gasteiger partial charge in [-0.05, 0) is 43.5 Å². The van der Waals surface area contributed by atoms with E-state index >= 15 is 0 Å². The molecule has 1 N–H and O–H groups in total.